The highest BCUT2D eigenvalue weighted by atomic mass is 16.5. The fourth-order valence-corrected chi connectivity index (χ4v) is 1.94. The Hall–Kier alpha value is -2.08. The molecule has 6 heteroatoms. The third-order valence-corrected chi connectivity index (χ3v) is 2.98. The van der Waals surface area contributed by atoms with Gasteiger partial charge in [0.1, 0.15) is 11.5 Å². The van der Waals surface area contributed by atoms with Gasteiger partial charge in [0, 0.05) is 18.5 Å². The molecule has 6 nitrogen and oxygen atoms in total. The molecule has 0 bridgehead atoms. The molecule has 0 saturated carbocycles. The fourth-order valence-electron chi connectivity index (χ4n) is 1.94. The first-order valence-corrected chi connectivity index (χ1v) is 6.99. The van der Waals surface area contributed by atoms with Gasteiger partial charge in [-0.3, -0.25) is 0 Å². The van der Waals surface area contributed by atoms with Crippen molar-refractivity contribution in [1.82, 2.24) is 10.2 Å². The summed E-state index contributed by atoms with van der Waals surface area (Å²) in [5.41, 5.74) is 6.89. The number of hydrogen-bond acceptors (Lipinski definition) is 6. The van der Waals surface area contributed by atoms with Crippen molar-refractivity contribution in [1.29, 1.82) is 0 Å². The second-order valence-electron chi connectivity index (χ2n) is 4.89. The van der Waals surface area contributed by atoms with Crippen LogP contribution in [-0.2, 0) is 19.4 Å². The molecule has 1 heterocycles. The van der Waals surface area contributed by atoms with Crippen LogP contribution in [0.15, 0.2) is 22.6 Å². The van der Waals surface area contributed by atoms with Crippen molar-refractivity contribution in [2.24, 2.45) is 5.73 Å². The minimum absolute atomic E-state index is 0.0517. The summed E-state index contributed by atoms with van der Waals surface area (Å²) in [4.78, 5) is 0. The first kappa shape index (κ1) is 15.3. The molecule has 0 aliphatic carbocycles. The quantitative estimate of drug-likeness (QED) is 0.841. The number of methoxy groups -OCH3 is 1. The van der Waals surface area contributed by atoms with Gasteiger partial charge < -0.3 is 19.6 Å². The van der Waals surface area contributed by atoms with Crippen molar-refractivity contribution >= 4 is 0 Å². The summed E-state index contributed by atoms with van der Waals surface area (Å²) < 4.78 is 16.4. The van der Waals surface area contributed by atoms with E-state index in [0.717, 1.165) is 23.5 Å². The summed E-state index contributed by atoms with van der Waals surface area (Å²) >= 11 is 0. The summed E-state index contributed by atoms with van der Waals surface area (Å²) in [5, 5.41) is 7.85. The van der Waals surface area contributed by atoms with Gasteiger partial charge in [-0.15, -0.1) is 10.2 Å². The second kappa shape index (κ2) is 7.08. The molecule has 2 aromatic rings. The van der Waals surface area contributed by atoms with E-state index in [4.69, 9.17) is 19.6 Å². The Balaban J connectivity index is 2.12. The SMILES string of the molecule is CCc1nnc(COc2cc(OC)ccc2CC(C)N)o1. The van der Waals surface area contributed by atoms with E-state index < -0.39 is 0 Å². The number of rotatable bonds is 7. The molecule has 0 aliphatic heterocycles. The largest absolute Gasteiger partial charge is 0.497 e. The van der Waals surface area contributed by atoms with E-state index in [9.17, 15) is 0 Å². The number of hydrogen-bond donors (Lipinski definition) is 1. The van der Waals surface area contributed by atoms with Gasteiger partial charge in [0.15, 0.2) is 6.61 Å². The molecule has 21 heavy (non-hydrogen) atoms. The van der Waals surface area contributed by atoms with Crippen molar-refractivity contribution < 1.29 is 13.9 Å². The van der Waals surface area contributed by atoms with E-state index in [-0.39, 0.29) is 12.6 Å². The van der Waals surface area contributed by atoms with Crippen LogP contribution in [-0.4, -0.2) is 23.3 Å². The third-order valence-electron chi connectivity index (χ3n) is 2.98. The molecular weight excluding hydrogens is 270 g/mol. The Morgan fingerprint density at radius 1 is 1.29 bits per heavy atom. The highest BCUT2D eigenvalue weighted by Gasteiger charge is 2.11. The number of aromatic nitrogens is 2. The summed E-state index contributed by atoms with van der Waals surface area (Å²) in [7, 11) is 1.62. The van der Waals surface area contributed by atoms with Gasteiger partial charge in [0.25, 0.3) is 5.89 Å². The van der Waals surface area contributed by atoms with E-state index >= 15 is 0 Å². The van der Waals surface area contributed by atoms with Crippen LogP contribution in [0.5, 0.6) is 11.5 Å². The number of aryl methyl sites for hydroxylation is 1. The Labute approximate surface area is 124 Å². The molecule has 114 valence electrons. The molecule has 1 atom stereocenters. The summed E-state index contributed by atoms with van der Waals surface area (Å²) in [6.45, 7) is 4.15. The Morgan fingerprint density at radius 3 is 2.67 bits per heavy atom. The molecule has 1 aromatic carbocycles. The number of nitrogens with two attached hydrogens (primary N) is 1. The van der Waals surface area contributed by atoms with Crippen molar-refractivity contribution in [3.63, 3.8) is 0 Å². The molecule has 1 aromatic heterocycles. The molecule has 2 N–H and O–H groups in total. The molecule has 0 aliphatic rings. The monoisotopic (exact) mass is 291 g/mol. The predicted octanol–water partition coefficient (Wildman–Crippen LogP) is 2.11. The fraction of sp³-hybridized carbons (Fsp3) is 0.467. The van der Waals surface area contributed by atoms with E-state index in [2.05, 4.69) is 10.2 Å². The third kappa shape index (κ3) is 4.19. The van der Waals surface area contributed by atoms with Crippen molar-refractivity contribution in [3.05, 3.63) is 35.5 Å². The average molecular weight is 291 g/mol. The zero-order chi connectivity index (χ0) is 15.2. The minimum atomic E-state index is 0.0517. The smallest absolute Gasteiger partial charge is 0.253 e. The number of benzene rings is 1. The standard InChI is InChI=1S/C15H21N3O3/c1-4-14-17-18-15(21-14)9-20-13-8-12(19-3)6-5-11(13)7-10(2)16/h5-6,8,10H,4,7,9,16H2,1-3H3. The lowest BCUT2D eigenvalue weighted by Crippen LogP contribution is -2.18. The highest BCUT2D eigenvalue weighted by molar-refractivity contribution is 5.41. The first-order valence-electron chi connectivity index (χ1n) is 6.99. The molecule has 1 unspecified atom stereocenters. The number of nitrogens with zero attached hydrogens (tertiary/aromatic N) is 2. The van der Waals surface area contributed by atoms with Crippen molar-refractivity contribution in [3.8, 4) is 11.5 Å². The summed E-state index contributed by atoms with van der Waals surface area (Å²) in [6.07, 6.45) is 1.44. The summed E-state index contributed by atoms with van der Waals surface area (Å²) in [6, 6.07) is 5.75. The maximum Gasteiger partial charge on any atom is 0.253 e. The Kier molecular flexibility index (Phi) is 5.16. The molecule has 0 radical (unpaired) electrons. The van der Waals surface area contributed by atoms with Gasteiger partial charge in [-0.05, 0) is 25.0 Å². The number of ether oxygens (including phenoxy) is 2. The van der Waals surface area contributed by atoms with Gasteiger partial charge in [-0.25, -0.2) is 0 Å². The normalized spacial score (nSPS) is 12.2. The lowest BCUT2D eigenvalue weighted by atomic mass is 10.1. The second-order valence-corrected chi connectivity index (χ2v) is 4.89. The van der Waals surface area contributed by atoms with Gasteiger partial charge >= 0.3 is 0 Å². The zero-order valence-corrected chi connectivity index (χ0v) is 12.6. The predicted molar refractivity (Wildman–Crippen MR) is 78.4 cm³/mol. The van der Waals surface area contributed by atoms with Crippen LogP contribution >= 0.6 is 0 Å². The van der Waals surface area contributed by atoms with Crippen LogP contribution in [0.25, 0.3) is 0 Å². The van der Waals surface area contributed by atoms with Crippen LogP contribution in [0.3, 0.4) is 0 Å². The van der Waals surface area contributed by atoms with Crippen LogP contribution in [0.4, 0.5) is 0 Å². The Bertz CT molecular complexity index is 581. The lowest BCUT2D eigenvalue weighted by molar-refractivity contribution is 0.255. The zero-order valence-electron chi connectivity index (χ0n) is 12.6. The van der Waals surface area contributed by atoms with Crippen molar-refractivity contribution in [2.75, 3.05) is 7.11 Å². The van der Waals surface area contributed by atoms with Crippen LogP contribution in [0.2, 0.25) is 0 Å². The topological polar surface area (TPSA) is 83.4 Å². The van der Waals surface area contributed by atoms with Gasteiger partial charge in [0.05, 0.1) is 7.11 Å². The van der Waals surface area contributed by atoms with Crippen LogP contribution < -0.4 is 15.2 Å². The van der Waals surface area contributed by atoms with E-state index in [0.29, 0.717) is 18.2 Å². The van der Waals surface area contributed by atoms with Crippen molar-refractivity contribution in [2.45, 2.75) is 39.3 Å². The van der Waals surface area contributed by atoms with Gasteiger partial charge in [-0.2, -0.15) is 0 Å². The highest BCUT2D eigenvalue weighted by Crippen LogP contribution is 2.26. The lowest BCUT2D eigenvalue weighted by Gasteiger charge is -2.13. The van der Waals surface area contributed by atoms with Crippen LogP contribution in [0, 0.1) is 0 Å². The minimum Gasteiger partial charge on any atom is -0.497 e. The van der Waals surface area contributed by atoms with E-state index in [1.165, 1.54) is 0 Å². The molecule has 0 saturated heterocycles. The Morgan fingerprint density at radius 2 is 2.05 bits per heavy atom. The average Bonchev–Trinajstić information content (AvgIpc) is 2.93. The van der Waals surface area contributed by atoms with Gasteiger partial charge in [-0.1, -0.05) is 13.0 Å². The molecule has 0 spiro atoms. The van der Waals surface area contributed by atoms with Gasteiger partial charge in [0.2, 0.25) is 5.89 Å². The maximum absolute atomic E-state index is 5.86. The molecule has 2 rings (SSSR count). The molecular formula is C15H21N3O3. The van der Waals surface area contributed by atoms with Crippen LogP contribution in [0.1, 0.15) is 31.2 Å². The maximum atomic E-state index is 5.86. The first-order chi connectivity index (χ1) is 10.1. The van der Waals surface area contributed by atoms with E-state index in [1.807, 2.05) is 32.0 Å². The molecule has 0 amide bonds. The molecule has 0 fully saturated rings. The summed E-state index contributed by atoms with van der Waals surface area (Å²) in [5.74, 6) is 2.53. The van der Waals surface area contributed by atoms with E-state index in [1.54, 1.807) is 7.11 Å².